The molecular formula is C10H17ClN2O3. The number of hydrogen-bond donors (Lipinski definition) is 3. The van der Waals surface area contributed by atoms with Crippen LogP contribution in [0.5, 0.6) is 0 Å². The van der Waals surface area contributed by atoms with E-state index in [4.69, 9.17) is 16.7 Å². The van der Waals surface area contributed by atoms with Crippen molar-refractivity contribution in [3.05, 3.63) is 11.6 Å². The third kappa shape index (κ3) is 5.02. The maximum Gasteiger partial charge on any atom is 0.315 e. The maximum absolute atomic E-state index is 11.2. The Morgan fingerprint density at radius 3 is 2.38 bits per heavy atom. The van der Waals surface area contributed by atoms with Crippen LogP contribution in [-0.2, 0) is 4.79 Å². The molecule has 2 amide bonds. The lowest BCUT2D eigenvalue weighted by Gasteiger charge is -2.23. The standard InChI is InChI=1S/C10H17ClN2O3/c1-4-10(3,8(14)15)6-13-9(16)12-5-7(2)11/h2,4-6H2,1,3H3,(H,14,15)(H2,12,13,16). The summed E-state index contributed by atoms with van der Waals surface area (Å²) in [6.07, 6.45) is 0.435. The average molecular weight is 249 g/mol. The molecule has 0 aromatic carbocycles. The van der Waals surface area contributed by atoms with E-state index in [-0.39, 0.29) is 13.1 Å². The zero-order chi connectivity index (χ0) is 12.8. The van der Waals surface area contributed by atoms with Gasteiger partial charge in [-0.15, -0.1) is 0 Å². The number of amides is 2. The molecule has 0 aliphatic heterocycles. The van der Waals surface area contributed by atoms with E-state index < -0.39 is 17.4 Å². The minimum atomic E-state index is -0.949. The van der Waals surface area contributed by atoms with Gasteiger partial charge < -0.3 is 15.7 Å². The lowest BCUT2D eigenvalue weighted by Crippen LogP contribution is -2.44. The van der Waals surface area contributed by atoms with Crippen molar-refractivity contribution in [3.8, 4) is 0 Å². The van der Waals surface area contributed by atoms with E-state index in [2.05, 4.69) is 17.2 Å². The summed E-state index contributed by atoms with van der Waals surface area (Å²) in [7, 11) is 0. The molecule has 92 valence electrons. The highest BCUT2D eigenvalue weighted by molar-refractivity contribution is 6.29. The van der Waals surface area contributed by atoms with E-state index in [9.17, 15) is 9.59 Å². The van der Waals surface area contributed by atoms with Crippen LogP contribution in [0, 0.1) is 5.41 Å². The second-order valence-electron chi connectivity index (χ2n) is 3.77. The first kappa shape index (κ1) is 14.8. The fraction of sp³-hybridized carbons (Fsp3) is 0.600. The van der Waals surface area contributed by atoms with Crippen LogP contribution in [0.4, 0.5) is 4.79 Å². The van der Waals surface area contributed by atoms with Gasteiger partial charge in [0.1, 0.15) is 0 Å². The molecule has 0 bridgehead atoms. The van der Waals surface area contributed by atoms with E-state index in [1.807, 2.05) is 0 Å². The first-order valence-electron chi connectivity index (χ1n) is 4.90. The maximum atomic E-state index is 11.2. The number of carbonyl (C=O) groups excluding carboxylic acids is 1. The van der Waals surface area contributed by atoms with E-state index in [0.717, 1.165) is 0 Å². The van der Waals surface area contributed by atoms with Gasteiger partial charge in [0.2, 0.25) is 0 Å². The molecule has 0 aromatic rings. The second-order valence-corrected chi connectivity index (χ2v) is 4.31. The summed E-state index contributed by atoms with van der Waals surface area (Å²) in [6.45, 7) is 6.97. The van der Waals surface area contributed by atoms with Crippen LogP contribution in [0.1, 0.15) is 20.3 Å². The Labute approximate surface area is 99.9 Å². The number of aliphatic carboxylic acids is 1. The molecule has 16 heavy (non-hydrogen) atoms. The average Bonchev–Trinajstić information content (AvgIpc) is 2.22. The summed E-state index contributed by atoms with van der Waals surface area (Å²) >= 11 is 5.46. The Hall–Kier alpha value is -1.23. The lowest BCUT2D eigenvalue weighted by molar-refractivity contribution is -0.147. The molecule has 5 nitrogen and oxygen atoms in total. The molecule has 3 N–H and O–H groups in total. The molecule has 0 spiro atoms. The number of urea groups is 1. The number of carbonyl (C=O) groups is 2. The van der Waals surface area contributed by atoms with Crippen molar-refractivity contribution >= 4 is 23.6 Å². The zero-order valence-electron chi connectivity index (χ0n) is 9.47. The summed E-state index contributed by atoms with van der Waals surface area (Å²) in [5.41, 5.74) is -0.949. The first-order chi connectivity index (χ1) is 7.31. The van der Waals surface area contributed by atoms with Crippen molar-refractivity contribution in [1.82, 2.24) is 10.6 Å². The van der Waals surface area contributed by atoms with E-state index >= 15 is 0 Å². The molecule has 1 unspecified atom stereocenters. The number of hydrogen-bond acceptors (Lipinski definition) is 2. The number of nitrogens with one attached hydrogen (secondary N) is 2. The lowest BCUT2D eigenvalue weighted by atomic mass is 9.88. The second kappa shape index (κ2) is 6.37. The van der Waals surface area contributed by atoms with Gasteiger partial charge in [-0.2, -0.15) is 0 Å². The Morgan fingerprint density at radius 2 is 2.00 bits per heavy atom. The van der Waals surface area contributed by atoms with Crippen LogP contribution in [0.3, 0.4) is 0 Å². The molecule has 0 saturated heterocycles. The van der Waals surface area contributed by atoms with Crippen LogP contribution >= 0.6 is 11.6 Å². The van der Waals surface area contributed by atoms with Gasteiger partial charge in [-0.3, -0.25) is 4.79 Å². The third-order valence-electron chi connectivity index (χ3n) is 2.38. The summed E-state index contributed by atoms with van der Waals surface area (Å²) < 4.78 is 0. The quantitative estimate of drug-likeness (QED) is 0.667. The first-order valence-corrected chi connectivity index (χ1v) is 5.28. The highest BCUT2D eigenvalue weighted by Gasteiger charge is 2.31. The Kier molecular flexibility index (Phi) is 5.88. The van der Waals surface area contributed by atoms with Gasteiger partial charge in [0.05, 0.1) is 12.0 Å². The SMILES string of the molecule is C=C(Cl)CNC(=O)NCC(C)(CC)C(=O)O. The van der Waals surface area contributed by atoms with Gasteiger partial charge >= 0.3 is 12.0 Å². The molecule has 0 heterocycles. The summed E-state index contributed by atoms with van der Waals surface area (Å²) in [5, 5.41) is 14.2. The molecule has 0 fully saturated rings. The Balaban J connectivity index is 4.08. The number of halogens is 1. The van der Waals surface area contributed by atoms with Gasteiger partial charge in [0, 0.05) is 11.6 Å². The molecule has 0 saturated carbocycles. The third-order valence-corrected chi connectivity index (χ3v) is 2.51. The topological polar surface area (TPSA) is 78.4 Å². The van der Waals surface area contributed by atoms with E-state index in [1.54, 1.807) is 13.8 Å². The van der Waals surface area contributed by atoms with E-state index in [0.29, 0.717) is 11.5 Å². The zero-order valence-corrected chi connectivity index (χ0v) is 10.2. The Morgan fingerprint density at radius 1 is 1.44 bits per heavy atom. The molecule has 0 rings (SSSR count). The summed E-state index contributed by atoms with van der Waals surface area (Å²) in [4.78, 5) is 22.1. The van der Waals surface area contributed by atoms with E-state index in [1.165, 1.54) is 0 Å². The monoisotopic (exact) mass is 248 g/mol. The predicted octanol–water partition coefficient (Wildman–Crippen LogP) is 1.54. The van der Waals surface area contributed by atoms with Crippen LogP contribution in [-0.4, -0.2) is 30.2 Å². The van der Waals surface area contributed by atoms with Crippen molar-refractivity contribution in [2.45, 2.75) is 20.3 Å². The fourth-order valence-corrected chi connectivity index (χ4v) is 0.933. The van der Waals surface area contributed by atoms with Gasteiger partial charge in [0.25, 0.3) is 0 Å². The summed E-state index contributed by atoms with van der Waals surface area (Å²) in [6, 6.07) is -0.456. The molecule has 0 radical (unpaired) electrons. The predicted molar refractivity (Wildman–Crippen MR) is 62.4 cm³/mol. The van der Waals surface area contributed by atoms with Gasteiger partial charge in [0.15, 0.2) is 0 Å². The molecule has 1 atom stereocenters. The van der Waals surface area contributed by atoms with Crippen LogP contribution in [0.15, 0.2) is 11.6 Å². The smallest absolute Gasteiger partial charge is 0.315 e. The largest absolute Gasteiger partial charge is 0.481 e. The molecular weight excluding hydrogens is 232 g/mol. The van der Waals surface area contributed by atoms with Crippen molar-refractivity contribution in [2.24, 2.45) is 5.41 Å². The van der Waals surface area contributed by atoms with Crippen molar-refractivity contribution < 1.29 is 14.7 Å². The number of rotatable bonds is 6. The van der Waals surface area contributed by atoms with Gasteiger partial charge in [-0.05, 0) is 13.3 Å². The molecule has 6 heteroatoms. The molecule has 0 aliphatic carbocycles. The summed E-state index contributed by atoms with van der Waals surface area (Å²) in [5.74, 6) is -0.933. The molecule has 0 aliphatic rings. The highest BCUT2D eigenvalue weighted by Crippen LogP contribution is 2.19. The minimum absolute atomic E-state index is 0.0689. The minimum Gasteiger partial charge on any atom is -0.481 e. The highest BCUT2D eigenvalue weighted by atomic mass is 35.5. The van der Waals surface area contributed by atoms with Crippen LogP contribution in [0.25, 0.3) is 0 Å². The van der Waals surface area contributed by atoms with Crippen LogP contribution < -0.4 is 10.6 Å². The van der Waals surface area contributed by atoms with Crippen molar-refractivity contribution in [3.63, 3.8) is 0 Å². The van der Waals surface area contributed by atoms with Crippen molar-refractivity contribution in [1.29, 1.82) is 0 Å². The number of carboxylic acid groups (broad SMARTS) is 1. The fourth-order valence-electron chi connectivity index (χ4n) is 0.866. The van der Waals surface area contributed by atoms with Crippen LogP contribution in [0.2, 0.25) is 0 Å². The Bertz CT molecular complexity index is 294. The normalized spacial score (nSPS) is 13.7. The van der Waals surface area contributed by atoms with Crippen molar-refractivity contribution in [2.75, 3.05) is 13.1 Å². The van der Waals surface area contributed by atoms with Gasteiger partial charge in [-0.25, -0.2) is 4.79 Å². The van der Waals surface area contributed by atoms with Gasteiger partial charge in [-0.1, -0.05) is 25.1 Å². The molecule has 0 aromatic heterocycles. The number of carboxylic acids is 1.